The zero-order valence-corrected chi connectivity index (χ0v) is 13.4. The van der Waals surface area contributed by atoms with Crippen LogP contribution in [0.1, 0.15) is 18.4 Å². The topological polar surface area (TPSA) is 55.8 Å². The first-order valence-corrected chi connectivity index (χ1v) is 7.10. The minimum absolute atomic E-state index is 0.255. The highest BCUT2D eigenvalue weighted by atomic mass is 79.9. The first-order valence-electron chi connectivity index (χ1n) is 6.31. The van der Waals surface area contributed by atoms with Gasteiger partial charge in [-0.05, 0) is 18.2 Å². The molecule has 0 amide bonds. The van der Waals surface area contributed by atoms with Crippen molar-refractivity contribution in [1.82, 2.24) is 0 Å². The average Bonchev–Trinajstić information content (AvgIpc) is 2.41. The number of aliphatic hydroxyl groups is 1. The van der Waals surface area contributed by atoms with Crippen molar-refractivity contribution in [2.45, 2.75) is 30.0 Å². The van der Waals surface area contributed by atoms with Crippen molar-refractivity contribution >= 4 is 21.9 Å². The van der Waals surface area contributed by atoms with Crippen LogP contribution in [-0.4, -0.2) is 37.1 Å². The van der Waals surface area contributed by atoms with Gasteiger partial charge in [-0.2, -0.15) is 13.2 Å². The molecule has 0 radical (unpaired) electrons. The predicted octanol–water partition coefficient (Wildman–Crippen LogP) is 2.96. The third kappa shape index (κ3) is 2.48. The molecule has 0 aliphatic heterocycles. The molecule has 122 valence electrons. The summed E-state index contributed by atoms with van der Waals surface area (Å²) in [4.78, 5) is 12.1. The molecule has 8 heteroatoms. The van der Waals surface area contributed by atoms with Gasteiger partial charge in [0.15, 0.2) is 5.60 Å². The highest BCUT2D eigenvalue weighted by molar-refractivity contribution is 9.10. The van der Waals surface area contributed by atoms with Crippen molar-refractivity contribution in [1.29, 1.82) is 0 Å². The van der Waals surface area contributed by atoms with E-state index in [4.69, 9.17) is 4.74 Å². The van der Waals surface area contributed by atoms with E-state index in [0.717, 1.165) is 7.11 Å². The van der Waals surface area contributed by atoms with Crippen molar-refractivity contribution in [2.75, 3.05) is 14.2 Å². The largest absolute Gasteiger partial charge is 0.496 e. The van der Waals surface area contributed by atoms with Crippen LogP contribution < -0.4 is 4.74 Å². The van der Waals surface area contributed by atoms with Crippen LogP contribution in [0.3, 0.4) is 0 Å². The summed E-state index contributed by atoms with van der Waals surface area (Å²) in [5.74, 6) is -0.573. The second-order valence-electron chi connectivity index (χ2n) is 5.30. The Hall–Kier alpha value is -1.28. The maximum Gasteiger partial charge on any atom is 0.417 e. The van der Waals surface area contributed by atoms with Gasteiger partial charge in [-0.25, -0.2) is 0 Å². The Balaban J connectivity index is 2.52. The predicted molar refractivity (Wildman–Crippen MR) is 74.6 cm³/mol. The van der Waals surface area contributed by atoms with E-state index < -0.39 is 36.0 Å². The highest BCUT2D eigenvalue weighted by Gasteiger charge is 2.71. The number of halogens is 4. The molecule has 1 N–H and O–H groups in total. The van der Waals surface area contributed by atoms with Gasteiger partial charge in [-0.3, -0.25) is 4.79 Å². The van der Waals surface area contributed by atoms with Crippen LogP contribution >= 0.6 is 15.9 Å². The summed E-state index contributed by atoms with van der Waals surface area (Å²) in [6.45, 7) is 0. The van der Waals surface area contributed by atoms with Crippen LogP contribution in [-0.2, 0) is 14.9 Å². The van der Waals surface area contributed by atoms with Crippen LogP contribution in [0.5, 0.6) is 5.75 Å². The van der Waals surface area contributed by atoms with E-state index in [1.165, 1.54) is 19.2 Å². The molecule has 2 rings (SSSR count). The number of benzene rings is 1. The van der Waals surface area contributed by atoms with Gasteiger partial charge in [0.1, 0.15) is 11.2 Å². The Labute approximate surface area is 133 Å². The Kier molecular flexibility index (Phi) is 4.20. The number of carbonyl (C=O) groups excluding carboxylic acids is 1. The van der Waals surface area contributed by atoms with Crippen molar-refractivity contribution in [3.05, 3.63) is 28.2 Å². The molecule has 1 saturated carbocycles. The summed E-state index contributed by atoms with van der Waals surface area (Å²) in [7, 11) is 2.45. The van der Waals surface area contributed by atoms with Crippen LogP contribution in [0.4, 0.5) is 13.2 Å². The maximum absolute atomic E-state index is 12.9. The van der Waals surface area contributed by atoms with Crippen LogP contribution in [0.15, 0.2) is 22.7 Å². The Bertz CT molecular complexity index is 594. The Morgan fingerprint density at radius 3 is 2.36 bits per heavy atom. The first kappa shape index (κ1) is 17.1. The van der Waals surface area contributed by atoms with Crippen molar-refractivity contribution < 1.29 is 32.5 Å². The number of carbonyl (C=O) groups is 1. The quantitative estimate of drug-likeness (QED) is 0.816. The van der Waals surface area contributed by atoms with Gasteiger partial charge in [-0.1, -0.05) is 15.9 Å². The molecule has 1 aromatic rings. The second-order valence-corrected chi connectivity index (χ2v) is 6.22. The van der Waals surface area contributed by atoms with E-state index in [9.17, 15) is 23.1 Å². The fourth-order valence-corrected chi connectivity index (χ4v) is 3.20. The number of methoxy groups -OCH3 is 2. The lowest BCUT2D eigenvalue weighted by Crippen LogP contribution is -2.65. The van der Waals surface area contributed by atoms with Gasteiger partial charge in [0.05, 0.1) is 14.2 Å². The number of esters is 1. The van der Waals surface area contributed by atoms with E-state index in [-0.39, 0.29) is 11.3 Å². The van der Waals surface area contributed by atoms with Crippen LogP contribution in [0.2, 0.25) is 0 Å². The summed E-state index contributed by atoms with van der Waals surface area (Å²) >= 11 is 3.22. The summed E-state index contributed by atoms with van der Waals surface area (Å²) < 4.78 is 49.2. The summed E-state index contributed by atoms with van der Waals surface area (Å²) in [6, 6.07) is 4.68. The third-order valence-corrected chi connectivity index (χ3v) is 4.46. The van der Waals surface area contributed by atoms with Crippen molar-refractivity contribution in [3.63, 3.8) is 0 Å². The molecule has 0 unspecified atom stereocenters. The van der Waals surface area contributed by atoms with E-state index in [0.29, 0.717) is 4.47 Å². The average molecular weight is 383 g/mol. The van der Waals surface area contributed by atoms with Gasteiger partial charge in [0.25, 0.3) is 0 Å². The molecule has 0 heterocycles. The molecule has 1 fully saturated rings. The minimum atomic E-state index is -4.82. The number of alkyl halides is 3. The van der Waals surface area contributed by atoms with Gasteiger partial charge in [-0.15, -0.1) is 0 Å². The number of ether oxygens (including phenoxy) is 2. The van der Waals surface area contributed by atoms with Gasteiger partial charge >= 0.3 is 12.1 Å². The number of rotatable bonds is 3. The van der Waals surface area contributed by atoms with Crippen LogP contribution in [0, 0.1) is 0 Å². The molecular weight excluding hydrogens is 369 g/mol. The van der Waals surface area contributed by atoms with E-state index in [2.05, 4.69) is 20.7 Å². The molecule has 0 atom stereocenters. The molecule has 0 spiro atoms. The zero-order chi connectivity index (χ0) is 16.8. The lowest BCUT2D eigenvalue weighted by Gasteiger charge is -2.51. The SMILES string of the molecule is COC(=O)C1(c2cc(Br)ccc2OC)CC(O)(C(F)(F)F)C1. The standard InChI is InChI=1S/C14H14BrF3O4/c1-21-10-4-3-8(15)5-9(10)12(11(19)22-2)6-13(20,7-12)14(16,17)18/h3-5,20H,6-7H2,1-2H3. The smallest absolute Gasteiger partial charge is 0.417 e. The van der Waals surface area contributed by atoms with E-state index in [1.807, 2.05) is 0 Å². The van der Waals surface area contributed by atoms with Gasteiger partial charge in [0, 0.05) is 22.9 Å². The first-order chi connectivity index (χ1) is 10.1. The number of hydrogen-bond donors (Lipinski definition) is 1. The maximum atomic E-state index is 12.9. The summed E-state index contributed by atoms with van der Waals surface area (Å²) in [5.41, 5.74) is -4.24. The summed E-state index contributed by atoms with van der Waals surface area (Å²) in [6.07, 6.45) is -6.42. The lowest BCUT2D eigenvalue weighted by atomic mass is 9.55. The Morgan fingerprint density at radius 1 is 1.32 bits per heavy atom. The lowest BCUT2D eigenvalue weighted by molar-refractivity contribution is -0.303. The molecule has 0 aromatic heterocycles. The molecule has 4 nitrogen and oxygen atoms in total. The van der Waals surface area contributed by atoms with Gasteiger partial charge < -0.3 is 14.6 Å². The van der Waals surface area contributed by atoms with Crippen molar-refractivity contribution in [2.24, 2.45) is 0 Å². The number of hydrogen-bond acceptors (Lipinski definition) is 4. The molecule has 1 aromatic carbocycles. The molecule has 1 aliphatic rings. The van der Waals surface area contributed by atoms with Crippen LogP contribution in [0.25, 0.3) is 0 Å². The van der Waals surface area contributed by atoms with Gasteiger partial charge in [0.2, 0.25) is 0 Å². The third-order valence-electron chi connectivity index (χ3n) is 3.97. The zero-order valence-electron chi connectivity index (χ0n) is 11.8. The minimum Gasteiger partial charge on any atom is -0.496 e. The normalized spacial score (nSPS) is 28.0. The second kappa shape index (κ2) is 5.42. The molecular formula is C14H14BrF3O4. The highest BCUT2D eigenvalue weighted by Crippen LogP contribution is 2.59. The summed E-state index contributed by atoms with van der Waals surface area (Å²) in [5, 5.41) is 9.74. The Morgan fingerprint density at radius 2 is 1.91 bits per heavy atom. The fourth-order valence-electron chi connectivity index (χ4n) is 2.84. The van der Waals surface area contributed by atoms with E-state index in [1.54, 1.807) is 6.07 Å². The monoisotopic (exact) mass is 382 g/mol. The fraction of sp³-hybridized carbons (Fsp3) is 0.500. The molecule has 0 bridgehead atoms. The van der Waals surface area contributed by atoms with Crippen molar-refractivity contribution in [3.8, 4) is 5.75 Å². The van der Waals surface area contributed by atoms with E-state index >= 15 is 0 Å². The molecule has 1 aliphatic carbocycles. The molecule has 0 saturated heterocycles. The molecule has 22 heavy (non-hydrogen) atoms.